The van der Waals surface area contributed by atoms with Crippen LogP contribution in [0.1, 0.15) is 26.3 Å². The maximum Gasteiger partial charge on any atom is 0.348 e. The summed E-state index contributed by atoms with van der Waals surface area (Å²) in [5.41, 5.74) is 0.205. The number of rotatable bonds is 6. The second kappa shape index (κ2) is 8.43. The highest BCUT2D eigenvalue weighted by molar-refractivity contribution is 9.10. The van der Waals surface area contributed by atoms with E-state index in [9.17, 15) is 14.4 Å². The van der Waals surface area contributed by atoms with Gasteiger partial charge in [-0.2, -0.15) is 0 Å². The molecule has 146 valence electrons. The monoisotopic (exact) mass is 442 g/mol. The van der Waals surface area contributed by atoms with Crippen molar-refractivity contribution in [3.63, 3.8) is 0 Å². The van der Waals surface area contributed by atoms with Crippen LogP contribution in [0.25, 0.3) is 6.08 Å². The molecule has 0 spiro atoms. The summed E-state index contributed by atoms with van der Waals surface area (Å²) >= 11 is 3.34. The first-order chi connectivity index (χ1) is 12.7. The lowest BCUT2D eigenvalue weighted by Crippen LogP contribution is -2.41. The molecular weight excluding hydrogens is 424 g/mol. The molecule has 1 aliphatic rings. The summed E-state index contributed by atoms with van der Waals surface area (Å²) < 4.78 is 26.1. The molecule has 0 N–H and O–H groups in total. The summed E-state index contributed by atoms with van der Waals surface area (Å²) in [5.74, 6) is -2.82. The lowest BCUT2D eigenvalue weighted by Gasteiger charge is -2.29. The van der Waals surface area contributed by atoms with Crippen LogP contribution in [-0.4, -0.2) is 44.0 Å². The fourth-order valence-electron chi connectivity index (χ4n) is 2.21. The Hall–Kier alpha value is -2.55. The number of esters is 3. The molecule has 1 fully saturated rings. The average Bonchev–Trinajstić information content (AvgIpc) is 2.57. The Morgan fingerprint density at radius 3 is 2.37 bits per heavy atom. The van der Waals surface area contributed by atoms with E-state index in [1.54, 1.807) is 13.0 Å². The average molecular weight is 443 g/mol. The first-order valence-corrected chi connectivity index (χ1v) is 8.80. The van der Waals surface area contributed by atoms with Crippen LogP contribution in [0.3, 0.4) is 0 Å². The normalized spacial score (nSPS) is 15.5. The van der Waals surface area contributed by atoms with Gasteiger partial charge < -0.3 is 23.7 Å². The molecule has 1 aromatic rings. The number of methoxy groups -OCH3 is 1. The SMILES string of the molecule is CCOC(=O)COc1cc(Br)c(C=C2C(=O)OC(C)(C)OC2=O)cc1OC. The van der Waals surface area contributed by atoms with Crippen molar-refractivity contribution < 1.29 is 38.1 Å². The quantitative estimate of drug-likeness (QED) is 0.376. The molecule has 0 radical (unpaired) electrons. The van der Waals surface area contributed by atoms with Crippen molar-refractivity contribution >= 4 is 39.9 Å². The fraction of sp³-hybridized carbons (Fsp3) is 0.389. The van der Waals surface area contributed by atoms with Gasteiger partial charge in [0.2, 0.25) is 0 Å². The van der Waals surface area contributed by atoms with Crippen LogP contribution in [0.4, 0.5) is 0 Å². The number of hydrogen-bond acceptors (Lipinski definition) is 8. The van der Waals surface area contributed by atoms with Gasteiger partial charge in [-0.1, -0.05) is 15.9 Å². The molecule has 0 unspecified atom stereocenters. The number of benzene rings is 1. The molecule has 1 heterocycles. The van der Waals surface area contributed by atoms with Gasteiger partial charge in [0.25, 0.3) is 5.79 Å². The lowest BCUT2D eigenvalue weighted by atomic mass is 10.1. The van der Waals surface area contributed by atoms with Gasteiger partial charge in [0, 0.05) is 18.3 Å². The predicted octanol–water partition coefficient (Wildman–Crippen LogP) is 2.62. The van der Waals surface area contributed by atoms with E-state index in [2.05, 4.69) is 15.9 Å². The van der Waals surface area contributed by atoms with Crippen molar-refractivity contribution in [3.8, 4) is 11.5 Å². The van der Waals surface area contributed by atoms with Gasteiger partial charge in [0.05, 0.1) is 13.7 Å². The Kier molecular flexibility index (Phi) is 6.48. The lowest BCUT2D eigenvalue weighted by molar-refractivity contribution is -0.222. The van der Waals surface area contributed by atoms with E-state index in [0.717, 1.165) is 0 Å². The molecule has 0 aromatic heterocycles. The Bertz CT molecular complexity index is 775. The molecule has 0 aliphatic carbocycles. The smallest absolute Gasteiger partial charge is 0.348 e. The molecule has 0 amide bonds. The Morgan fingerprint density at radius 2 is 1.81 bits per heavy atom. The topological polar surface area (TPSA) is 97.4 Å². The van der Waals surface area contributed by atoms with Gasteiger partial charge in [-0.05, 0) is 30.7 Å². The van der Waals surface area contributed by atoms with Gasteiger partial charge in [0.15, 0.2) is 18.1 Å². The molecule has 8 nitrogen and oxygen atoms in total. The largest absolute Gasteiger partial charge is 0.493 e. The number of halogens is 1. The van der Waals surface area contributed by atoms with Crippen molar-refractivity contribution in [1.29, 1.82) is 0 Å². The van der Waals surface area contributed by atoms with Crippen molar-refractivity contribution in [2.24, 2.45) is 0 Å². The van der Waals surface area contributed by atoms with Crippen LogP contribution in [-0.2, 0) is 28.6 Å². The van der Waals surface area contributed by atoms with E-state index >= 15 is 0 Å². The van der Waals surface area contributed by atoms with E-state index in [1.807, 2.05) is 0 Å². The van der Waals surface area contributed by atoms with Crippen molar-refractivity contribution in [3.05, 3.63) is 27.7 Å². The Labute approximate surface area is 164 Å². The van der Waals surface area contributed by atoms with Crippen LogP contribution in [0, 0.1) is 0 Å². The van der Waals surface area contributed by atoms with Crippen LogP contribution in [0.2, 0.25) is 0 Å². The first-order valence-electron chi connectivity index (χ1n) is 8.01. The van der Waals surface area contributed by atoms with Gasteiger partial charge in [0.1, 0.15) is 5.57 Å². The molecule has 1 aromatic carbocycles. The minimum Gasteiger partial charge on any atom is -0.493 e. The van der Waals surface area contributed by atoms with Gasteiger partial charge in [-0.25, -0.2) is 14.4 Å². The van der Waals surface area contributed by atoms with E-state index in [4.69, 9.17) is 23.7 Å². The molecule has 27 heavy (non-hydrogen) atoms. The number of cyclic esters (lactones) is 2. The maximum atomic E-state index is 12.1. The van der Waals surface area contributed by atoms with E-state index in [1.165, 1.54) is 33.1 Å². The van der Waals surface area contributed by atoms with Crippen LogP contribution < -0.4 is 9.47 Å². The van der Waals surface area contributed by atoms with E-state index in [0.29, 0.717) is 15.8 Å². The molecule has 1 saturated heterocycles. The molecule has 9 heteroatoms. The Morgan fingerprint density at radius 1 is 1.19 bits per heavy atom. The maximum absolute atomic E-state index is 12.1. The number of ether oxygens (including phenoxy) is 5. The van der Waals surface area contributed by atoms with Gasteiger partial charge in [-0.15, -0.1) is 0 Å². The third-order valence-corrected chi connectivity index (χ3v) is 4.04. The zero-order valence-electron chi connectivity index (χ0n) is 15.3. The van der Waals surface area contributed by atoms with Crippen molar-refractivity contribution in [1.82, 2.24) is 0 Å². The molecule has 0 bridgehead atoms. The van der Waals surface area contributed by atoms with Gasteiger partial charge in [-0.3, -0.25) is 0 Å². The highest BCUT2D eigenvalue weighted by Gasteiger charge is 2.39. The second-order valence-electron chi connectivity index (χ2n) is 5.86. The third kappa shape index (κ3) is 5.22. The molecule has 0 saturated carbocycles. The number of carbonyl (C=O) groups is 3. The minimum atomic E-state index is -1.31. The van der Waals surface area contributed by atoms with Crippen molar-refractivity contribution in [2.45, 2.75) is 26.6 Å². The number of carbonyl (C=O) groups excluding carboxylic acids is 3. The summed E-state index contributed by atoms with van der Waals surface area (Å²) in [6.07, 6.45) is 1.32. The summed E-state index contributed by atoms with van der Waals surface area (Å²) in [4.78, 5) is 35.6. The molecule has 1 aliphatic heterocycles. The summed E-state index contributed by atoms with van der Waals surface area (Å²) in [6, 6.07) is 3.09. The van der Waals surface area contributed by atoms with Crippen LogP contribution >= 0.6 is 15.9 Å². The zero-order valence-corrected chi connectivity index (χ0v) is 16.9. The number of hydrogen-bond donors (Lipinski definition) is 0. The highest BCUT2D eigenvalue weighted by Crippen LogP contribution is 2.35. The Balaban J connectivity index is 2.29. The molecule has 2 rings (SSSR count). The molecular formula is C18H19BrO8. The summed E-state index contributed by atoms with van der Waals surface area (Å²) in [7, 11) is 1.42. The first kappa shape index (κ1) is 20.8. The van der Waals surface area contributed by atoms with E-state index < -0.39 is 23.7 Å². The van der Waals surface area contributed by atoms with Crippen molar-refractivity contribution in [2.75, 3.05) is 20.3 Å². The van der Waals surface area contributed by atoms with Crippen LogP contribution in [0.15, 0.2) is 22.2 Å². The highest BCUT2D eigenvalue weighted by atomic mass is 79.9. The fourth-order valence-corrected chi connectivity index (χ4v) is 2.64. The summed E-state index contributed by atoms with van der Waals surface area (Å²) in [6.45, 7) is 4.59. The predicted molar refractivity (Wildman–Crippen MR) is 97.1 cm³/mol. The van der Waals surface area contributed by atoms with Crippen LogP contribution in [0.5, 0.6) is 11.5 Å². The van der Waals surface area contributed by atoms with E-state index in [-0.39, 0.29) is 24.5 Å². The summed E-state index contributed by atoms with van der Waals surface area (Å²) in [5, 5.41) is 0. The standard InChI is InChI=1S/C18H19BrO8/c1-5-24-15(20)9-25-14-8-12(19)10(7-13(14)23-4)6-11-16(21)26-18(2,3)27-17(11)22/h6-8H,5,9H2,1-4H3. The minimum absolute atomic E-state index is 0.249. The third-order valence-electron chi connectivity index (χ3n) is 3.35. The zero-order chi connectivity index (χ0) is 20.2. The van der Waals surface area contributed by atoms with Gasteiger partial charge >= 0.3 is 17.9 Å². The second-order valence-corrected chi connectivity index (χ2v) is 6.71. The molecule has 0 atom stereocenters.